The highest BCUT2D eigenvalue weighted by atomic mass is 14.8. The lowest BCUT2D eigenvalue weighted by atomic mass is 9.62. The van der Waals surface area contributed by atoms with E-state index in [0.29, 0.717) is 5.92 Å². The van der Waals surface area contributed by atoms with Crippen LogP contribution in [0.3, 0.4) is 0 Å². The van der Waals surface area contributed by atoms with E-state index in [0.717, 1.165) is 18.5 Å². The van der Waals surface area contributed by atoms with Gasteiger partial charge in [0.25, 0.3) is 0 Å². The molecule has 18 heavy (non-hydrogen) atoms. The van der Waals surface area contributed by atoms with Crippen LogP contribution in [-0.4, -0.2) is 0 Å². The van der Waals surface area contributed by atoms with Crippen LogP contribution in [0, 0.1) is 5.92 Å². The van der Waals surface area contributed by atoms with Crippen LogP contribution in [0.4, 0.5) is 5.69 Å². The molecule has 1 aromatic carbocycles. The summed E-state index contributed by atoms with van der Waals surface area (Å²) in [5, 5.41) is 0. The average molecular weight is 240 g/mol. The third-order valence-corrected chi connectivity index (χ3v) is 4.32. The molecule has 0 spiro atoms. The fraction of sp³-hybridized carbons (Fsp3) is 0.375. The standard InChI is InChI=1S/C16H20N2/c1-3-14-11-6-10(2)9-16(14,18)15-5-4-13(17)8-12(15)7-11/h3-6,8,11H,7,9,17-18H2,1-2H3/b14-3+/t11-,16+/m0/s1. The molecule has 0 heterocycles. The van der Waals surface area contributed by atoms with Gasteiger partial charge in [0.05, 0.1) is 5.54 Å². The maximum absolute atomic E-state index is 6.76. The molecule has 2 bridgehead atoms. The van der Waals surface area contributed by atoms with Crippen molar-refractivity contribution in [1.82, 2.24) is 0 Å². The number of allylic oxidation sites excluding steroid dienone is 2. The molecular weight excluding hydrogens is 220 g/mol. The number of rotatable bonds is 0. The highest BCUT2D eigenvalue weighted by Crippen LogP contribution is 2.48. The van der Waals surface area contributed by atoms with Crippen molar-refractivity contribution in [2.45, 2.75) is 32.2 Å². The molecule has 0 saturated heterocycles. The highest BCUT2D eigenvalue weighted by Gasteiger charge is 2.43. The molecule has 94 valence electrons. The third kappa shape index (κ3) is 1.45. The first-order chi connectivity index (χ1) is 8.54. The van der Waals surface area contributed by atoms with Gasteiger partial charge in [0.15, 0.2) is 0 Å². The van der Waals surface area contributed by atoms with Gasteiger partial charge in [-0.2, -0.15) is 0 Å². The molecule has 2 atom stereocenters. The summed E-state index contributed by atoms with van der Waals surface area (Å²) in [6.07, 6.45) is 6.51. The smallest absolute Gasteiger partial charge is 0.0671 e. The molecule has 2 nitrogen and oxygen atoms in total. The molecule has 0 aliphatic heterocycles. The molecule has 1 aromatic rings. The maximum atomic E-state index is 6.76. The SMILES string of the molecule is C/C=C1\[C@H]2C=C(C)C[C@]1(N)c1ccc(N)cc1C2. The van der Waals surface area contributed by atoms with Crippen LogP contribution in [-0.2, 0) is 12.0 Å². The quantitative estimate of drug-likeness (QED) is 0.541. The molecule has 2 heteroatoms. The molecule has 0 amide bonds. The number of benzene rings is 1. The second-order valence-electron chi connectivity index (χ2n) is 5.63. The van der Waals surface area contributed by atoms with E-state index in [9.17, 15) is 0 Å². The Bertz CT molecular complexity index is 568. The van der Waals surface area contributed by atoms with Crippen molar-refractivity contribution in [2.24, 2.45) is 11.7 Å². The summed E-state index contributed by atoms with van der Waals surface area (Å²) >= 11 is 0. The van der Waals surface area contributed by atoms with Gasteiger partial charge in [-0.15, -0.1) is 0 Å². The van der Waals surface area contributed by atoms with Crippen LogP contribution in [0.1, 0.15) is 31.4 Å². The van der Waals surface area contributed by atoms with E-state index < -0.39 is 0 Å². The Kier molecular flexibility index (Phi) is 2.39. The van der Waals surface area contributed by atoms with E-state index in [1.165, 1.54) is 22.3 Å². The average Bonchev–Trinajstić information content (AvgIpc) is 2.26. The third-order valence-electron chi connectivity index (χ3n) is 4.32. The minimum atomic E-state index is -0.320. The second kappa shape index (κ2) is 3.72. The number of anilines is 1. The van der Waals surface area contributed by atoms with Crippen LogP contribution >= 0.6 is 0 Å². The Labute approximate surface area is 108 Å². The summed E-state index contributed by atoms with van der Waals surface area (Å²) in [4.78, 5) is 0. The summed E-state index contributed by atoms with van der Waals surface area (Å²) in [6.45, 7) is 4.28. The Morgan fingerprint density at radius 2 is 2.17 bits per heavy atom. The highest BCUT2D eigenvalue weighted by molar-refractivity contribution is 5.55. The summed E-state index contributed by atoms with van der Waals surface area (Å²) < 4.78 is 0. The van der Waals surface area contributed by atoms with E-state index in [-0.39, 0.29) is 5.54 Å². The number of hydrogen-bond donors (Lipinski definition) is 2. The number of fused-ring (bicyclic) bond motifs is 4. The molecular formula is C16H20N2. The van der Waals surface area contributed by atoms with Crippen LogP contribution in [0.25, 0.3) is 0 Å². The van der Waals surface area contributed by atoms with Gasteiger partial charge < -0.3 is 11.5 Å². The van der Waals surface area contributed by atoms with Gasteiger partial charge in [0.2, 0.25) is 0 Å². The Morgan fingerprint density at radius 3 is 2.89 bits per heavy atom. The predicted molar refractivity (Wildman–Crippen MR) is 76.0 cm³/mol. The maximum Gasteiger partial charge on any atom is 0.0671 e. The van der Waals surface area contributed by atoms with Crippen molar-refractivity contribution in [3.63, 3.8) is 0 Å². The summed E-state index contributed by atoms with van der Waals surface area (Å²) in [5.41, 5.74) is 18.5. The van der Waals surface area contributed by atoms with Crippen LogP contribution in [0.5, 0.6) is 0 Å². The van der Waals surface area contributed by atoms with Crippen molar-refractivity contribution in [2.75, 3.05) is 5.73 Å². The van der Waals surface area contributed by atoms with Gasteiger partial charge in [-0.3, -0.25) is 0 Å². The Hall–Kier alpha value is -1.54. The zero-order valence-electron chi connectivity index (χ0n) is 11.0. The fourth-order valence-corrected chi connectivity index (χ4v) is 3.71. The molecule has 0 unspecified atom stereocenters. The minimum absolute atomic E-state index is 0.320. The van der Waals surface area contributed by atoms with Crippen molar-refractivity contribution in [3.05, 3.63) is 52.6 Å². The van der Waals surface area contributed by atoms with Gasteiger partial charge >= 0.3 is 0 Å². The van der Waals surface area contributed by atoms with Gasteiger partial charge in [0.1, 0.15) is 0 Å². The van der Waals surface area contributed by atoms with Gasteiger partial charge in [-0.1, -0.05) is 23.8 Å². The minimum Gasteiger partial charge on any atom is -0.399 e. The first kappa shape index (κ1) is 11.5. The van der Waals surface area contributed by atoms with Gasteiger partial charge in [-0.25, -0.2) is 0 Å². The van der Waals surface area contributed by atoms with Crippen LogP contribution in [0.15, 0.2) is 41.5 Å². The molecule has 2 aliphatic rings. The molecule has 0 aromatic heterocycles. The Balaban J connectivity index is 2.25. The number of nitrogen functional groups attached to an aromatic ring is 1. The van der Waals surface area contributed by atoms with Gasteiger partial charge in [0, 0.05) is 11.6 Å². The monoisotopic (exact) mass is 240 g/mol. The summed E-state index contributed by atoms with van der Waals surface area (Å²) in [5.74, 6) is 0.447. The topological polar surface area (TPSA) is 52.0 Å². The van der Waals surface area contributed by atoms with E-state index in [2.05, 4.69) is 38.1 Å². The lowest BCUT2D eigenvalue weighted by Gasteiger charge is -2.45. The lowest BCUT2D eigenvalue weighted by molar-refractivity contribution is 0.415. The van der Waals surface area contributed by atoms with E-state index in [1.807, 2.05) is 6.07 Å². The second-order valence-corrected chi connectivity index (χ2v) is 5.63. The fourth-order valence-electron chi connectivity index (χ4n) is 3.71. The van der Waals surface area contributed by atoms with Crippen molar-refractivity contribution in [3.8, 4) is 0 Å². The van der Waals surface area contributed by atoms with Crippen LogP contribution in [0.2, 0.25) is 0 Å². The number of nitrogens with two attached hydrogens (primary N) is 2. The summed E-state index contributed by atoms with van der Waals surface area (Å²) in [6, 6.07) is 6.17. The summed E-state index contributed by atoms with van der Waals surface area (Å²) in [7, 11) is 0. The molecule has 4 N–H and O–H groups in total. The first-order valence-electron chi connectivity index (χ1n) is 6.56. The molecule has 0 fully saturated rings. The molecule has 2 aliphatic carbocycles. The van der Waals surface area contributed by atoms with Crippen molar-refractivity contribution >= 4 is 5.69 Å². The lowest BCUT2D eigenvalue weighted by Crippen LogP contribution is -2.47. The molecule has 3 rings (SSSR count). The normalized spacial score (nSPS) is 32.1. The van der Waals surface area contributed by atoms with E-state index in [4.69, 9.17) is 11.5 Å². The number of hydrogen-bond acceptors (Lipinski definition) is 2. The van der Waals surface area contributed by atoms with Crippen molar-refractivity contribution in [1.29, 1.82) is 0 Å². The van der Waals surface area contributed by atoms with E-state index in [1.54, 1.807) is 0 Å². The first-order valence-corrected chi connectivity index (χ1v) is 6.56. The largest absolute Gasteiger partial charge is 0.399 e. The zero-order chi connectivity index (χ0) is 12.9. The molecule has 0 saturated carbocycles. The molecule has 0 radical (unpaired) electrons. The van der Waals surface area contributed by atoms with Crippen LogP contribution < -0.4 is 11.5 Å². The zero-order valence-corrected chi connectivity index (χ0v) is 11.0. The van der Waals surface area contributed by atoms with Gasteiger partial charge in [-0.05, 0) is 55.5 Å². The van der Waals surface area contributed by atoms with Crippen molar-refractivity contribution < 1.29 is 0 Å². The predicted octanol–water partition coefficient (Wildman–Crippen LogP) is 2.89. The Morgan fingerprint density at radius 1 is 1.39 bits per heavy atom. The van der Waals surface area contributed by atoms with E-state index >= 15 is 0 Å².